The third-order valence-corrected chi connectivity index (χ3v) is 4.87. The van der Waals surface area contributed by atoms with E-state index in [-0.39, 0.29) is 6.04 Å². The molecule has 5 heteroatoms. The zero-order valence-electron chi connectivity index (χ0n) is 11.0. The van der Waals surface area contributed by atoms with E-state index < -0.39 is 0 Å². The van der Waals surface area contributed by atoms with Gasteiger partial charge in [-0.1, -0.05) is 6.92 Å². The molecule has 0 aliphatic carbocycles. The van der Waals surface area contributed by atoms with Crippen LogP contribution in [0.4, 0.5) is 5.82 Å². The number of aldehydes is 1. The second-order valence-electron chi connectivity index (χ2n) is 4.87. The van der Waals surface area contributed by atoms with Gasteiger partial charge < -0.3 is 9.69 Å². The summed E-state index contributed by atoms with van der Waals surface area (Å²) in [6.45, 7) is 3.06. The predicted molar refractivity (Wildman–Crippen MR) is 77.8 cm³/mol. The van der Waals surface area contributed by atoms with E-state index in [0.29, 0.717) is 0 Å². The lowest BCUT2D eigenvalue weighted by Gasteiger charge is -2.33. The number of rotatable bonds is 3. The van der Waals surface area contributed by atoms with Crippen molar-refractivity contribution in [3.63, 3.8) is 0 Å². The largest absolute Gasteiger partial charge is 0.346 e. The smallest absolute Gasteiger partial charge is 0.142 e. The van der Waals surface area contributed by atoms with E-state index in [0.717, 1.165) is 54.5 Å². The van der Waals surface area contributed by atoms with Gasteiger partial charge in [-0.2, -0.15) is 0 Å². The first-order valence-corrected chi connectivity index (χ1v) is 7.60. The van der Waals surface area contributed by atoms with E-state index >= 15 is 0 Å². The summed E-state index contributed by atoms with van der Waals surface area (Å²) >= 11 is 1.72. The lowest BCUT2D eigenvalue weighted by Crippen LogP contribution is -2.41. The number of hydrogen-bond donors (Lipinski definition) is 0. The molecular weight excluding hydrogens is 258 g/mol. The number of nitrogens with zero attached hydrogens (tertiary/aromatic N) is 3. The Kier molecular flexibility index (Phi) is 3.46. The van der Waals surface area contributed by atoms with E-state index in [1.165, 1.54) is 4.88 Å². The van der Waals surface area contributed by atoms with Gasteiger partial charge in [0.25, 0.3) is 0 Å². The van der Waals surface area contributed by atoms with Gasteiger partial charge in [-0.25, -0.2) is 9.97 Å². The van der Waals surface area contributed by atoms with Crippen molar-refractivity contribution in [2.75, 3.05) is 11.4 Å². The highest BCUT2D eigenvalue weighted by atomic mass is 32.1. The van der Waals surface area contributed by atoms with Gasteiger partial charge >= 0.3 is 0 Å². The molecule has 1 fully saturated rings. The van der Waals surface area contributed by atoms with Gasteiger partial charge in [-0.3, -0.25) is 0 Å². The molecule has 2 aromatic rings. The fourth-order valence-electron chi connectivity index (χ4n) is 2.66. The maximum absolute atomic E-state index is 11.3. The lowest BCUT2D eigenvalue weighted by atomic mass is 10.0. The fourth-order valence-corrected chi connectivity index (χ4v) is 3.59. The van der Waals surface area contributed by atoms with Gasteiger partial charge in [-0.15, -0.1) is 11.3 Å². The minimum absolute atomic E-state index is 0.0307. The number of piperidine rings is 1. The summed E-state index contributed by atoms with van der Waals surface area (Å²) in [7, 11) is 0. The average Bonchev–Trinajstić information content (AvgIpc) is 2.90. The second kappa shape index (κ2) is 5.25. The molecule has 1 saturated heterocycles. The molecule has 1 aliphatic heterocycles. The van der Waals surface area contributed by atoms with E-state index in [1.807, 2.05) is 0 Å². The van der Waals surface area contributed by atoms with E-state index in [1.54, 1.807) is 17.7 Å². The highest BCUT2D eigenvalue weighted by Crippen LogP contribution is 2.33. The van der Waals surface area contributed by atoms with Crippen LogP contribution in [0.15, 0.2) is 12.4 Å². The molecule has 0 bridgehead atoms. The molecule has 4 nitrogen and oxygen atoms in total. The number of hydrogen-bond acceptors (Lipinski definition) is 5. The Balaban J connectivity index is 2.07. The number of aromatic nitrogens is 2. The lowest BCUT2D eigenvalue weighted by molar-refractivity contribution is -0.109. The summed E-state index contributed by atoms with van der Waals surface area (Å²) in [6.07, 6.45) is 6.86. The Morgan fingerprint density at radius 3 is 3.16 bits per heavy atom. The molecule has 0 saturated carbocycles. The topological polar surface area (TPSA) is 46.1 Å². The first-order valence-electron chi connectivity index (χ1n) is 6.79. The summed E-state index contributed by atoms with van der Waals surface area (Å²) < 4.78 is 0. The van der Waals surface area contributed by atoms with E-state index in [2.05, 4.69) is 27.9 Å². The Labute approximate surface area is 116 Å². The third-order valence-electron chi connectivity index (χ3n) is 3.69. The van der Waals surface area contributed by atoms with Crippen LogP contribution in [0, 0.1) is 0 Å². The maximum atomic E-state index is 11.3. The van der Waals surface area contributed by atoms with Gasteiger partial charge in [0.15, 0.2) is 0 Å². The van der Waals surface area contributed by atoms with Crippen LogP contribution < -0.4 is 4.90 Å². The zero-order valence-corrected chi connectivity index (χ0v) is 11.8. The zero-order chi connectivity index (χ0) is 13.2. The number of thiophene rings is 1. The van der Waals surface area contributed by atoms with E-state index in [9.17, 15) is 4.79 Å². The minimum atomic E-state index is -0.0307. The highest BCUT2D eigenvalue weighted by molar-refractivity contribution is 7.18. The van der Waals surface area contributed by atoms with Crippen molar-refractivity contribution < 1.29 is 4.79 Å². The van der Waals surface area contributed by atoms with Crippen LogP contribution in [0.2, 0.25) is 0 Å². The van der Waals surface area contributed by atoms with Crippen LogP contribution in [-0.4, -0.2) is 28.8 Å². The van der Waals surface area contributed by atoms with Crippen LogP contribution in [0.1, 0.15) is 31.1 Å². The van der Waals surface area contributed by atoms with Crippen molar-refractivity contribution in [2.24, 2.45) is 0 Å². The van der Waals surface area contributed by atoms with Crippen molar-refractivity contribution in [3.8, 4) is 0 Å². The van der Waals surface area contributed by atoms with Crippen molar-refractivity contribution in [1.29, 1.82) is 0 Å². The number of carbonyl (C=O) groups excluding carboxylic acids is 1. The molecule has 0 radical (unpaired) electrons. The summed E-state index contributed by atoms with van der Waals surface area (Å²) in [6, 6.07) is 2.14. The molecule has 3 heterocycles. The molecule has 0 amide bonds. The van der Waals surface area contributed by atoms with Gasteiger partial charge in [0.2, 0.25) is 0 Å². The van der Waals surface area contributed by atoms with Crippen molar-refractivity contribution >= 4 is 33.7 Å². The molecule has 0 spiro atoms. The average molecular weight is 275 g/mol. The molecule has 3 rings (SSSR count). The quantitative estimate of drug-likeness (QED) is 0.808. The van der Waals surface area contributed by atoms with Crippen LogP contribution in [0.25, 0.3) is 10.2 Å². The molecule has 1 atom stereocenters. The normalized spacial score (nSPS) is 19.8. The molecule has 1 aliphatic rings. The Morgan fingerprint density at radius 2 is 2.37 bits per heavy atom. The highest BCUT2D eigenvalue weighted by Gasteiger charge is 2.25. The number of carbonyl (C=O) groups is 1. The van der Waals surface area contributed by atoms with Crippen LogP contribution in [0.3, 0.4) is 0 Å². The molecule has 19 heavy (non-hydrogen) atoms. The van der Waals surface area contributed by atoms with Crippen molar-refractivity contribution in [3.05, 3.63) is 17.3 Å². The van der Waals surface area contributed by atoms with E-state index in [4.69, 9.17) is 0 Å². The standard InChI is InChI=1S/C14H17N3OS/c1-2-11-7-12-13(15-9-16-14(12)19-11)17-6-4-3-5-10(17)8-18/h7-10H,2-6H2,1H3. The summed E-state index contributed by atoms with van der Waals surface area (Å²) in [5.74, 6) is 0.928. The number of anilines is 1. The predicted octanol–water partition coefficient (Wildman–Crippen LogP) is 2.81. The van der Waals surface area contributed by atoms with Gasteiger partial charge in [0.05, 0.1) is 11.4 Å². The minimum Gasteiger partial charge on any atom is -0.346 e. The maximum Gasteiger partial charge on any atom is 0.142 e. The molecule has 0 N–H and O–H groups in total. The molecule has 1 unspecified atom stereocenters. The summed E-state index contributed by atoms with van der Waals surface area (Å²) in [5.41, 5.74) is 0. The number of fused-ring (bicyclic) bond motifs is 1. The van der Waals surface area contributed by atoms with Gasteiger partial charge in [0.1, 0.15) is 23.3 Å². The van der Waals surface area contributed by atoms with Gasteiger partial charge in [-0.05, 0) is 31.7 Å². The van der Waals surface area contributed by atoms with Crippen LogP contribution in [-0.2, 0) is 11.2 Å². The Morgan fingerprint density at radius 1 is 1.47 bits per heavy atom. The van der Waals surface area contributed by atoms with Crippen molar-refractivity contribution in [1.82, 2.24) is 9.97 Å². The van der Waals surface area contributed by atoms with Gasteiger partial charge in [0, 0.05) is 11.4 Å². The molecule has 100 valence electrons. The third kappa shape index (κ3) is 2.23. The van der Waals surface area contributed by atoms with Crippen LogP contribution >= 0.6 is 11.3 Å². The summed E-state index contributed by atoms with van der Waals surface area (Å²) in [4.78, 5) is 24.5. The Bertz CT molecular complexity index is 595. The first kappa shape index (κ1) is 12.5. The Hall–Kier alpha value is -1.49. The fraction of sp³-hybridized carbons (Fsp3) is 0.500. The number of aryl methyl sites for hydroxylation is 1. The van der Waals surface area contributed by atoms with Crippen LogP contribution in [0.5, 0.6) is 0 Å². The summed E-state index contributed by atoms with van der Waals surface area (Å²) in [5, 5.41) is 1.10. The molecule has 0 aromatic carbocycles. The second-order valence-corrected chi connectivity index (χ2v) is 5.99. The molecule has 2 aromatic heterocycles. The molecular formula is C14H17N3OS. The monoisotopic (exact) mass is 275 g/mol. The first-order chi connectivity index (χ1) is 9.33. The SMILES string of the molecule is CCc1cc2c(N3CCCCC3C=O)ncnc2s1. The van der Waals surface area contributed by atoms with Crippen molar-refractivity contribution in [2.45, 2.75) is 38.6 Å².